The van der Waals surface area contributed by atoms with Gasteiger partial charge in [-0.05, 0) is 55.0 Å². The Bertz CT molecular complexity index is 1300. The molecule has 3 aromatic rings. The summed E-state index contributed by atoms with van der Waals surface area (Å²) < 4.78 is 0. The van der Waals surface area contributed by atoms with Gasteiger partial charge < -0.3 is 20.6 Å². The number of aryl methyl sites for hydroxylation is 2. The number of hydrogen-bond acceptors (Lipinski definition) is 4. The van der Waals surface area contributed by atoms with Gasteiger partial charge in [-0.25, -0.2) is 4.79 Å². The number of amides is 1. The molecule has 0 aliphatic rings. The Balaban J connectivity index is 2.12. The van der Waals surface area contributed by atoms with Crippen LogP contribution < -0.4 is 5.32 Å². The number of nitrogens with one attached hydrogen (secondary N) is 1. The zero-order valence-corrected chi connectivity index (χ0v) is 21.7. The number of phenols is 2. The summed E-state index contributed by atoms with van der Waals surface area (Å²) in [5.41, 5.74) is 4.27. The first kappa shape index (κ1) is 27.5. The van der Waals surface area contributed by atoms with E-state index in [1.165, 1.54) is 6.07 Å². The highest BCUT2D eigenvalue weighted by Gasteiger charge is 2.28. The molecule has 0 bridgehead atoms. The Kier molecular flexibility index (Phi) is 9.12. The zero-order valence-electron chi connectivity index (χ0n) is 21.7. The molecule has 6 nitrogen and oxygen atoms in total. The lowest BCUT2D eigenvalue weighted by atomic mass is 9.88. The first-order chi connectivity index (χ1) is 17.6. The van der Waals surface area contributed by atoms with Crippen molar-refractivity contribution in [2.75, 3.05) is 0 Å². The summed E-state index contributed by atoms with van der Waals surface area (Å²) >= 11 is 0. The van der Waals surface area contributed by atoms with Crippen molar-refractivity contribution in [1.29, 1.82) is 0 Å². The number of rotatable bonds is 11. The number of carbonyl (C=O) groups is 2. The third kappa shape index (κ3) is 6.58. The predicted molar refractivity (Wildman–Crippen MR) is 147 cm³/mol. The summed E-state index contributed by atoms with van der Waals surface area (Å²) in [4.78, 5) is 25.6. The average Bonchev–Trinajstić information content (AvgIpc) is 2.84. The summed E-state index contributed by atoms with van der Waals surface area (Å²) in [6, 6.07) is 15.0. The molecule has 194 valence electrons. The second-order valence-electron chi connectivity index (χ2n) is 9.49. The van der Waals surface area contributed by atoms with Crippen LogP contribution in [0.15, 0.2) is 61.2 Å². The number of aliphatic carboxylic acids is 1. The number of hydrogen-bond donors (Lipinski definition) is 4. The predicted octanol–water partition coefficient (Wildman–Crippen LogP) is 6.26. The molecule has 3 aromatic carbocycles. The normalized spacial score (nSPS) is 11.6. The molecule has 6 heteroatoms. The number of phenolic OH excluding ortho intramolecular Hbond substituents is 2. The van der Waals surface area contributed by atoms with Crippen molar-refractivity contribution in [3.8, 4) is 22.6 Å². The highest BCUT2D eigenvalue weighted by molar-refractivity contribution is 6.04. The van der Waals surface area contributed by atoms with Crippen molar-refractivity contribution in [3.05, 3.63) is 89.0 Å². The van der Waals surface area contributed by atoms with E-state index >= 15 is 0 Å². The molecule has 0 spiro atoms. The Labute approximate surface area is 218 Å². The Morgan fingerprint density at radius 3 is 2.35 bits per heavy atom. The van der Waals surface area contributed by atoms with E-state index in [-0.39, 0.29) is 29.0 Å². The summed E-state index contributed by atoms with van der Waals surface area (Å²) in [6.07, 6.45) is 3.17. The van der Waals surface area contributed by atoms with Crippen LogP contribution >= 0.6 is 0 Å². The first-order valence-corrected chi connectivity index (χ1v) is 12.6. The fourth-order valence-electron chi connectivity index (χ4n) is 4.51. The van der Waals surface area contributed by atoms with Gasteiger partial charge in [-0.15, -0.1) is 0 Å². The van der Waals surface area contributed by atoms with Gasteiger partial charge in [0.05, 0.1) is 11.1 Å². The summed E-state index contributed by atoms with van der Waals surface area (Å²) in [5.74, 6) is -2.39. The van der Waals surface area contributed by atoms with Crippen LogP contribution in [0.2, 0.25) is 0 Å². The molecule has 0 aliphatic carbocycles. The van der Waals surface area contributed by atoms with E-state index in [1.54, 1.807) is 24.3 Å². The van der Waals surface area contributed by atoms with E-state index in [1.807, 2.05) is 38.1 Å². The highest BCUT2D eigenvalue weighted by atomic mass is 16.4. The molecule has 0 heterocycles. The number of carboxylic acids is 1. The van der Waals surface area contributed by atoms with Gasteiger partial charge in [-0.3, -0.25) is 4.79 Å². The second kappa shape index (κ2) is 12.3. The number of aromatic hydroxyl groups is 2. The molecule has 0 radical (unpaired) electrons. The van der Waals surface area contributed by atoms with Gasteiger partial charge in [-0.2, -0.15) is 0 Å². The van der Waals surface area contributed by atoms with Crippen LogP contribution in [0.25, 0.3) is 16.7 Å². The minimum Gasteiger partial charge on any atom is -0.507 e. The number of carbonyl (C=O) groups excluding carboxylic acids is 1. The topological polar surface area (TPSA) is 107 Å². The molecule has 0 fully saturated rings. The van der Waals surface area contributed by atoms with Crippen LogP contribution in [0.4, 0.5) is 0 Å². The van der Waals surface area contributed by atoms with Crippen molar-refractivity contribution in [2.24, 2.45) is 0 Å². The third-order valence-corrected chi connectivity index (χ3v) is 6.43. The van der Waals surface area contributed by atoms with E-state index in [2.05, 4.69) is 18.8 Å². The van der Waals surface area contributed by atoms with E-state index in [9.17, 15) is 24.9 Å². The van der Waals surface area contributed by atoms with Crippen LogP contribution in [-0.4, -0.2) is 33.2 Å². The fourth-order valence-corrected chi connectivity index (χ4v) is 4.51. The fraction of sp³-hybridized carbons (Fsp3) is 0.290. The molecule has 0 aliphatic heterocycles. The molecule has 37 heavy (non-hydrogen) atoms. The van der Waals surface area contributed by atoms with Crippen molar-refractivity contribution >= 4 is 17.4 Å². The molecule has 1 amide bonds. The molecular weight excluding hydrogens is 466 g/mol. The lowest BCUT2D eigenvalue weighted by Gasteiger charge is -2.21. The highest BCUT2D eigenvalue weighted by Crippen LogP contribution is 2.44. The average molecular weight is 502 g/mol. The molecule has 1 atom stereocenters. The molecule has 0 unspecified atom stereocenters. The van der Waals surface area contributed by atoms with Gasteiger partial charge in [0.2, 0.25) is 0 Å². The van der Waals surface area contributed by atoms with Crippen LogP contribution in [0.3, 0.4) is 0 Å². The SMILES string of the molecule is C=C(C)c1ccc(C)cc1-c1c(O)cc(CCCCC)c(C(=O)N[C@@H](Cc2ccccc2)C(=O)O)c1O. The quantitative estimate of drug-likeness (QED) is 0.232. The molecule has 4 N–H and O–H groups in total. The van der Waals surface area contributed by atoms with Crippen LogP contribution in [0, 0.1) is 6.92 Å². The number of benzene rings is 3. The van der Waals surface area contributed by atoms with Gasteiger partial charge in [0, 0.05) is 6.42 Å². The minimum atomic E-state index is -1.19. The maximum Gasteiger partial charge on any atom is 0.326 e. The van der Waals surface area contributed by atoms with Gasteiger partial charge >= 0.3 is 5.97 Å². The smallest absolute Gasteiger partial charge is 0.326 e. The molecular formula is C31H35NO5. The van der Waals surface area contributed by atoms with E-state index in [4.69, 9.17) is 0 Å². The zero-order chi connectivity index (χ0) is 27.1. The minimum absolute atomic E-state index is 0.0163. The van der Waals surface area contributed by atoms with Crippen LogP contribution in [0.1, 0.15) is 65.7 Å². The number of unbranched alkanes of at least 4 members (excludes halogenated alkanes) is 2. The van der Waals surface area contributed by atoms with Crippen LogP contribution in [-0.2, 0) is 17.6 Å². The lowest BCUT2D eigenvalue weighted by Crippen LogP contribution is -2.42. The standard InChI is InChI=1S/C31H35NO5/c1-5-6-8-13-22-18-26(33)28(24-16-20(4)14-15-23(24)19(2)3)29(34)27(22)30(35)32-25(31(36)37)17-21-11-9-7-10-12-21/h7,9-12,14-16,18,25,33-34H,2,5-6,8,13,17H2,1,3-4H3,(H,32,35)(H,36,37)/t25-/m0/s1. The number of allylic oxidation sites excluding steroid dienone is 1. The first-order valence-electron chi connectivity index (χ1n) is 12.6. The summed E-state index contributed by atoms with van der Waals surface area (Å²) in [6.45, 7) is 9.80. The maximum absolute atomic E-state index is 13.6. The molecule has 0 aromatic heterocycles. The molecule has 3 rings (SSSR count). The maximum atomic E-state index is 13.6. The van der Waals surface area contributed by atoms with Crippen molar-refractivity contribution in [3.63, 3.8) is 0 Å². The largest absolute Gasteiger partial charge is 0.507 e. The van der Waals surface area contributed by atoms with Gasteiger partial charge in [0.1, 0.15) is 17.5 Å². The van der Waals surface area contributed by atoms with Gasteiger partial charge in [-0.1, -0.05) is 86.0 Å². The van der Waals surface area contributed by atoms with Gasteiger partial charge in [0.15, 0.2) is 0 Å². The monoisotopic (exact) mass is 501 g/mol. The van der Waals surface area contributed by atoms with Crippen molar-refractivity contribution < 1.29 is 24.9 Å². The lowest BCUT2D eigenvalue weighted by molar-refractivity contribution is -0.139. The van der Waals surface area contributed by atoms with Crippen LogP contribution in [0.5, 0.6) is 11.5 Å². The Morgan fingerprint density at radius 2 is 1.73 bits per heavy atom. The van der Waals surface area contributed by atoms with E-state index < -0.39 is 17.9 Å². The molecule has 0 saturated carbocycles. The summed E-state index contributed by atoms with van der Waals surface area (Å²) in [7, 11) is 0. The van der Waals surface area contributed by atoms with Crippen molar-refractivity contribution in [1.82, 2.24) is 5.32 Å². The Hall–Kier alpha value is -4.06. The van der Waals surface area contributed by atoms with Crippen molar-refractivity contribution in [2.45, 2.75) is 58.9 Å². The Morgan fingerprint density at radius 1 is 1.03 bits per heavy atom. The summed E-state index contributed by atoms with van der Waals surface area (Å²) in [5, 5.41) is 34.9. The van der Waals surface area contributed by atoms with E-state index in [0.29, 0.717) is 17.5 Å². The third-order valence-electron chi connectivity index (χ3n) is 6.43. The van der Waals surface area contributed by atoms with E-state index in [0.717, 1.165) is 41.5 Å². The molecule has 0 saturated heterocycles. The van der Waals surface area contributed by atoms with Gasteiger partial charge in [0.25, 0.3) is 5.91 Å². The second-order valence-corrected chi connectivity index (χ2v) is 9.49. The number of carboxylic acid groups (broad SMARTS) is 1.